The number of hydrogen-bond donors (Lipinski definition) is 1. The molecule has 0 saturated carbocycles. The van der Waals surface area contributed by atoms with E-state index in [1.165, 1.54) is 8.00 Å². The monoisotopic (exact) mass is 715 g/mol. The summed E-state index contributed by atoms with van der Waals surface area (Å²) < 4.78 is 16.4. The third kappa shape index (κ3) is 8.33. The second-order valence-corrected chi connectivity index (χ2v) is 20.2. The van der Waals surface area contributed by atoms with E-state index in [1.807, 2.05) is 12.3 Å². The molecule has 0 atom stereocenters. The fourth-order valence-corrected chi connectivity index (χ4v) is 7.38. The fraction of sp³-hybridized carbons (Fsp3) is 0.438. The van der Waals surface area contributed by atoms with Gasteiger partial charge in [0.15, 0.2) is 0 Å². The van der Waals surface area contributed by atoms with E-state index in [0.717, 1.165) is 46.7 Å². The van der Waals surface area contributed by atoms with Crippen molar-refractivity contribution in [1.29, 1.82) is 0 Å². The van der Waals surface area contributed by atoms with E-state index in [-0.39, 0.29) is 38.7 Å². The summed E-state index contributed by atoms with van der Waals surface area (Å²) in [6.45, 7) is 15.3. The topological polar surface area (TPSA) is 94.4 Å². The number of anilines is 2. The van der Waals surface area contributed by atoms with Crippen molar-refractivity contribution >= 4 is 36.6 Å². The average molecular weight is 716 g/mol. The summed E-state index contributed by atoms with van der Waals surface area (Å²) in [5.41, 5.74) is 5.27. The van der Waals surface area contributed by atoms with Gasteiger partial charge in [-0.05, 0) is 0 Å². The van der Waals surface area contributed by atoms with E-state index in [1.54, 1.807) is 31.2 Å². The van der Waals surface area contributed by atoms with Gasteiger partial charge >= 0.3 is 238 Å². The number of benzene rings is 2. The Balaban J connectivity index is 1.67. The van der Waals surface area contributed by atoms with Crippen molar-refractivity contribution in [2.75, 3.05) is 36.6 Å². The summed E-state index contributed by atoms with van der Waals surface area (Å²) >= 11 is -0.0972. The second-order valence-electron chi connectivity index (χ2n) is 11.9. The summed E-state index contributed by atoms with van der Waals surface area (Å²) in [7, 11) is 1.51. The molecule has 232 valence electrons. The molecule has 0 spiro atoms. The number of nitrogens with one attached hydrogen (secondary N) is 1. The summed E-state index contributed by atoms with van der Waals surface area (Å²) in [6, 6.07) is 12.8. The fourth-order valence-electron chi connectivity index (χ4n) is 4.34. The Labute approximate surface area is 266 Å². The number of hydrogen-bond acceptors (Lipinski definition) is 7. The van der Waals surface area contributed by atoms with Gasteiger partial charge in [-0.1, -0.05) is 0 Å². The van der Waals surface area contributed by atoms with Crippen LogP contribution in [0.2, 0.25) is 18.1 Å². The maximum atomic E-state index is 11.8. The molecule has 0 bridgehead atoms. The van der Waals surface area contributed by atoms with Gasteiger partial charge in [-0.25, -0.2) is 0 Å². The molecule has 0 fully saturated rings. The molecule has 0 aliphatic rings. The first-order valence-electron chi connectivity index (χ1n) is 14.6. The Kier molecular flexibility index (Phi) is 10.8. The van der Waals surface area contributed by atoms with Crippen LogP contribution in [-0.2, 0) is 15.8 Å². The van der Waals surface area contributed by atoms with Crippen LogP contribution in [0.1, 0.15) is 34.1 Å². The van der Waals surface area contributed by atoms with E-state index >= 15 is 0 Å². The maximum absolute atomic E-state index is 11.8. The van der Waals surface area contributed by atoms with Gasteiger partial charge in [0.2, 0.25) is 5.91 Å². The van der Waals surface area contributed by atoms with Gasteiger partial charge in [-0.3, -0.25) is 4.79 Å². The van der Waals surface area contributed by atoms with Gasteiger partial charge in [0.05, 0.1) is 0 Å². The normalized spacial score (nSPS) is 12.1. The molecular weight excluding hydrogens is 671 g/mol. The van der Waals surface area contributed by atoms with Crippen LogP contribution in [0.15, 0.2) is 55.0 Å². The molecule has 2 aromatic carbocycles. The average Bonchev–Trinajstić information content (AvgIpc) is 3.44. The van der Waals surface area contributed by atoms with Gasteiger partial charge in [0.25, 0.3) is 0 Å². The molecular formula is C32H44IN6O3Si-. The zero-order chi connectivity index (χ0) is 31.2. The number of alkyl halides is 1. The van der Waals surface area contributed by atoms with E-state index in [0.29, 0.717) is 12.3 Å². The van der Waals surface area contributed by atoms with Gasteiger partial charge in [0.1, 0.15) is 6.54 Å². The van der Waals surface area contributed by atoms with Crippen LogP contribution >= 0.6 is 0 Å². The van der Waals surface area contributed by atoms with Crippen molar-refractivity contribution in [1.82, 2.24) is 25.1 Å². The number of amides is 1. The number of carbonyl (C=O) groups is 1. The molecule has 9 nitrogen and oxygen atoms in total. The van der Waals surface area contributed by atoms with Crippen LogP contribution < -0.4 is 36.2 Å². The molecule has 11 heteroatoms. The van der Waals surface area contributed by atoms with Crippen molar-refractivity contribution in [3.63, 3.8) is 0 Å². The Morgan fingerprint density at radius 2 is 1.88 bits per heavy atom. The van der Waals surface area contributed by atoms with Gasteiger partial charge in [-0.15, -0.1) is 0 Å². The Bertz CT molecular complexity index is 1550. The molecule has 0 aliphatic carbocycles. The van der Waals surface area contributed by atoms with E-state index in [9.17, 15) is 4.79 Å². The molecule has 2 heterocycles. The van der Waals surface area contributed by atoms with Crippen LogP contribution in [0.3, 0.4) is 0 Å². The molecule has 0 aliphatic heterocycles. The molecule has 0 unspecified atom stereocenters. The number of methoxy groups -OCH3 is 1. The van der Waals surface area contributed by atoms with Crippen LogP contribution in [0.5, 0.6) is 5.75 Å². The summed E-state index contributed by atoms with van der Waals surface area (Å²) in [6.07, 6.45) is 6.17. The molecule has 0 radical (unpaired) electrons. The number of carbonyl (C=O) groups excluding carboxylic acids is 1. The number of likely N-dealkylation sites (N-methyl/N-ethyl adjacent to an activating group) is 1. The summed E-state index contributed by atoms with van der Waals surface area (Å²) in [5.74, 6) is 0.764. The van der Waals surface area contributed by atoms with Crippen molar-refractivity contribution < 1.29 is 35.2 Å². The van der Waals surface area contributed by atoms with Crippen molar-refractivity contribution in [3.8, 4) is 17.0 Å². The van der Waals surface area contributed by atoms with Crippen LogP contribution in [0.25, 0.3) is 22.3 Å². The predicted molar refractivity (Wildman–Crippen MR) is 172 cm³/mol. The van der Waals surface area contributed by atoms with Gasteiger partial charge in [-0.2, -0.15) is 0 Å². The molecule has 0 saturated heterocycles. The van der Waals surface area contributed by atoms with Crippen molar-refractivity contribution in [2.24, 2.45) is 0 Å². The quantitative estimate of drug-likeness (QED) is 0.0985. The Morgan fingerprint density at radius 1 is 1.09 bits per heavy atom. The molecule has 2 aromatic heterocycles. The van der Waals surface area contributed by atoms with Gasteiger partial charge in [0, 0.05) is 7.05 Å². The van der Waals surface area contributed by atoms with Crippen LogP contribution in [0, 0.1) is 3.57 Å². The number of halogens is 1. The first-order valence-corrected chi connectivity index (χ1v) is 20.1. The molecule has 4 aromatic rings. The first kappa shape index (κ1) is 32.9. The van der Waals surface area contributed by atoms with Crippen molar-refractivity contribution in [2.45, 2.75) is 58.8 Å². The van der Waals surface area contributed by atoms with E-state index in [4.69, 9.17) is 14.1 Å². The Morgan fingerprint density at radius 3 is 2.58 bits per heavy atom. The summed E-state index contributed by atoms with van der Waals surface area (Å²) in [5, 5.41) is 7.12. The third-order valence-electron chi connectivity index (χ3n) is 7.84. The molecule has 43 heavy (non-hydrogen) atoms. The number of nitrogens with zero attached hydrogens (tertiary/aromatic N) is 5. The minimum absolute atomic E-state index is 0.0972. The third-order valence-corrected chi connectivity index (χ3v) is 14.6. The number of aromatic nitrogens is 4. The van der Waals surface area contributed by atoms with Crippen molar-refractivity contribution in [3.05, 3.63) is 58.6 Å². The van der Waals surface area contributed by atoms with Crippen LogP contribution in [0.4, 0.5) is 11.4 Å². The van der Waals surface area contributed by atoms with E-state index in [2.05, 4.69) is 91.4 Å². The Hall–Kier alpha value is -3.03. The number of ether oxygens (including phenoxy) is 1. The zero-order valence-electron chi connectivity index (χ0n) is 26.6. The van der Waals surface area contributed by atoms with Gasteiger partial charge < -0.3 is 5.32 Å². The first-order chi connectivity index (χ1) is 20.4. The number of rotatable bonds is 13. The summed E-state index contributed by atoms with van der Waals surface area (Å²) in [4.78, 5) is 23.8. The second kappa shape index (κ2) is 14.2. The number of fused-ring (bicyclic) bond motifs is 1. The van der Waals surface area contributed by atoms with Crippen LogP contribution in [-0.4, -0.2) is 65.7 Å². The van der Waals surface area contributed by atoms with E-state index < -0.39 is 8.32 Å². The SMILES string of the molecule is CC[I-]c1cc(OC)cc(N(CCCO[Si](C)(C)C(C)(C)C)c2ccc3ncc(-c4cnn(CC(=O)NC)c4)nc3c2)c1. The molecule has 1 N–H and O–H groups in total. The zero-order valence-corrected chi connectivity index (χ0v) is 29.7. The molecule has 1 amide bonds. The standard InChI is InChI=1S/C32H44IN6O3Si/c1-9-33-24-15-26(17-27(16-24)41-6)39(13-10-14-42-43(7,8)32(2,3)4)25-11-12-28-29(18-25)37-30(20-35-28)23-19-36-38(21-23)22-31(40)34-5/h11-12,15-21H,9-10,13-14,22H2,1-8H3,(H,34,40)/q-1. The predicted octanol–water partition coefficient (Wildman–Crippen LogP) is 3.08. The molecule has 4 rings (SSSR count). The minimum atomic E-state index is -1.84.